The van der Waals surface area contributed by atoms with Crippen molar-refractivity contribution in [3.8, 4) is 12.3 Å². The van der Waals surface area contributed by atoms with Gasteiger partial charge >= 0.3 is 0 Å². The van der Waals surface area contributed by atoms with Crippen LogP contribution < -0.4 is 0 Å². The Morgan fingerprint density at radius 3 is 1.38 bits per heavy atom. The molecular weight excluding hydrogens is 1190 g/mol. The zero-order valence-corrected chi connectivity index (χ0v) is 64.0. The first-order valence-corrected chi connectivity index (χ1v) is 32.8. The fourth-order valence-electron chi connectivity index (χ4n) is 8.07. The van der Waals surface area contributed by atoms with E-state index in [1.54, 1.807) is 78.5 Å². The molecule has 0 fully saturated rings. The van der Waals surface area contributed by atoms with Gasteiger partial charge in [0.1, 0.15) is 17.8 Å². The first-order chi connectivity index (χ1) is 44.7. The van der Waals surface area contributed by atoms with Crippen LogP contribution in [-0.2, 0) is 42.7 Å². The average Bonchev–Trinajstić information content (AvgIpc) is 0.910. The number of aromatic nitrogens is 10. The zero-order chi connectivity index (χ0) is 74.8. The van der Waals surface area contributed by atoms with Gasteiger partial charge in [-0.1, -0.05) is 236 Å². The molecule has 0 radical (unpaired) electrons. The van der Waals surface area contributed by atoms with Crippen molar-refractivity contribution in [3.05, 3.63) is 254 Å². The van der Waals surface area contributed by atoms with Gasteiger partial charge in [-0.25, -0.2) is 34.9 Å². The van der Waals surface area contributed by atoms with Crippen LogP contribution in [0.3, 0.4) is 0 Å². The van der Waals surface area contributed by atoms with Gasteiger partial charge in [-0.15, -0.1) is 13.0 Å². The van der Waals surface area contributed by atoms with E-state index in [9.17, 15) is 4.79 Å². The minimum Gasteiger partial charge on any atom is -0.335 e. The molecule has 12 nitrogen and oxygen atoms in total. The van der Waals surface area contributed by atoms with E-state index in [4.69, 9.17) is 6.42 Å². The Bertz CT molecular complexity index is 3300. The molecule has 0 spiro atoms. The maximum absolute atomic E-state index is 11.3. The number of rotatable bonds is 10. The molecule has 0 atom stereocenters. The second-order valence-electron chi connectivity index (χ2n) is 31.1. The van der Waals surface area contributed by atoms with Gasteiger partial charge in [-0.05, 0) is 141 Å². The zero-order valence-electron chi connectivity index (χ0n) is 64.0. The van der Waals surface area contributed by atoms with E-state index < -0.39 is 0 Å². The molecule has 97 heavy (non-hydrogen) atoms. The molecule has 0 aliphatic rings. The molecule has 0 saturated heterocycles. The predicted molar refractivity (Wildman–Crippen MR) is 419 cm³/mol. The lowest BCUT2D eigenvalue weighted by Gasteiger charge is -2.28. The van der Waals surface area contributed by atoms with Crippen LogP contribution in [0.25, 0.3) is 36.5 Å². The monoisotopic (exact) mass is 1310 g/mol. The highest BCUT2D eigenvalue weighted by atomic mass is 16.2. The van der Waals surface area contributed by atoms with Crippen molar-refractivity contribution in [2.24, 2.45) is 5.41 Å². The summed E-state index contributed by atoms with van der Waals surface area (Å²) in [6, 6.07) is 23.9. The van der Waals surface area contributed by atoms with E-state index in [-0.39, 0.29) is 49.2 Å². The molecule has 0 aliphatic heterocycles. The summed E-state index contributed by atoms with van der Waals surface area (Å²) in [6.07, 6.45) is 29.4. The third-order valence-electron chi connectivity index (χ3n) is 13.5. The van der Waals surface area contributed by atoms with Crippen LogP contribution in [0.4, 0.5) is 0 Å². The van der Waals surface area contributed by atoms with Gasteiger partial charge in [-0.3, -0.25) is 19.7 Å². The maximum Gasteiger partial charge on any atom is 0.246 e. The standard InChI is InChI=1S/C11H19NO.2C11H15N.C11H13N.C11H15N.3C10H14N2/c1-6-8-12(10(13)7-2)9-11(3,4)5;1-5-10-8-9(6-7-12-10)11(2,3)4;2*1-5-10-9(11(2,3)4)7-6-8-12-10;1-5-9-7-6-8-10(12-9)11(2,3)4;1-5-8-6-9(10(2,3)4)12-7-11-8;1-5-9-11-7-6-8(12-9)10(2,3)4;1-5-8-6-7-11-9(12-8)10(2,3)4/h6-7H,1-2,8-9H2,3-5H3;2*5-8H,1H2,2-4H3;1,6-8H,2-4H3;5-8H,1H2,2-4H3;3*5-7H,1H2,2-4H3. The van der Waals surface area contributed by atoms with E-state index in [0.717, 1.165) is 69.2 Å². The Morgan fingerprint density at radius 1 is 0.433 bits per heavy atom. The smallest absolute Gasteiger partial charge is 0.246 e. The van der Waals surface area contributed by atoms with Gasteiger partial charge in [-0.2, -0.15) is 0 Å². The quantitative estimate of drug-likeness (QED) is 0.0732. The second-order valence-corrected chi connectivity index (χ2v) is 31.1. The Hall–Kier alpha value is -9.21. The van der Waals surface area contributed by atoms with Crippen molar-refractivity contribution in [1.29, 1.82) is 0 Å². The SMILES string of the molecule is C#Cc1ncccc1C(C)(C)C.C=CCN(CC(C)(C)C)C(=O)C=C.C=Cc1cc(C(C)(C)C)ccn1.C=Cc1cc(C(C)(C)C)ncn1.C=Cc1cccc(C(C)(C)C)n1.C=Cc1ccnc(C(C)(C)C)n1.C=Cc1nccc(C(C)(C)C)n1.C=Cc1ncccc1C(C)(C)C. The van der Waals surface area contributed by atoms with Crippen molar-refractivity contribution >= 4 is 42.4 Å². The topological polar surface area (TPSA) is 149 Å². The van der Waals surface area contributed by atoms with E-state index in [2.05, 4.69) is 287 Å². The Labute approximate surface area is 588 Å². The molecule has 0 N–H and O–H groups in total. The summed E-state index contributed by atoms with van der Waals surface area (Å²) < 4.78 is 0. The number of nitrogens with zero attached hydrogens (tertiary/aromatic N) is 11. The van der Waals surface area contributed by atoms with Crippen molar-refractivity contribution in [2.45, 2.75) is 204 Å². The van der Waals surface area contributed by atoms with E-state index in [0.29, 0.717) is 12.4 Å². The summed E-state index contributed by atoms with van der Waals surface area (Å²) in [5.41, 5.74) is 13.1. The molecule has 7 rings (SSSR count). The normalized spacial score (nSPS) is 11.1. The van der Waals surface area contributed by atoms with Gasteiger partial charge < -0.3 is 4.90 Å². The predicted octanol–water partition coefficient (Wildman–Crippen LogP) is 20.9. The molecule has 0 unspecified atom stereocenters. The lowest BCUT2D eigenvalue weighted by molar-refractivity contribution is -0.126. The van der Waals surface area contributed by atoms with Crippen LogP contribution >= 0.6 is 0 Å². The van der Waals surface area contributed by atoms with Crippen molar-refractivity contribution in [1.82, 2.24) is 54.7 Å². The van der Waals surface area contributed by atoms with E-state index >= 15 is 0 Å². The third kappa shape index (κ3) is 35.4. The molecule has 0 bridgehead atoms. The number of carbonyl (C=O) groups excluding carboxylic acids is 1. The summed E-state index contributed by atoms with van der Waals surface area (Å²) in [7, 11) is 0. The second kappa shape index (κ2) is 40.4. The molecule has 12 heteroatoms. The van der Waals surface area contributed by atoms with Crippen LogP contribution in [0.1, 0.15) is 246 Å². The third-order valence-corrected chi connectivity index (χ3v) is 13.5. The minimum absolute atomic E-state index is 0.0129. The van der Waals surface area contributed by atoms with Crippen LogP contribution in [0.2, 0.25) is 0 Å². The number of hydrogen-bond acceptors (Lipinski definition) is 11. The number of terminal acetylenes is 1. The number of carbonyl (C=O) groups is 1. The highest BCUT2D eigenvalue weighted by molar-refractivity contribution is 5.87. The van der Waals surface area contributed by atoms with Crippen molar-refractivity contribution in [2.75, 3.05) is 13.1 Å². The molecule has 7 aromatic heterocycles. The molecule has 0 aromatic carbocycles. The first-order valence-electron chi connectivity index (χ1n) is 32.8. The van der Waals surface area contributed by atoms with Crippen molar-refractivity contribution < 1.29 is 4.79 Å². The Kier molecular flexibility index (Phi) is 36.5. The number of pyridine rings is 4. The maximum atomic E-state index is 11.3. The highest BCUT2D eigenvalue weighted by Crippen LogP contribution is 2.27. The largest absolute Gasteiger partial charge is 0.335 e. The fourth-order valence-corrected chi connectivity index (χ4v) is 8.07. The Balaban J connectivity index is 0.00000109. The van der Waals surface area contributed by atoms with Gasteiger partial charge in [0.2, 0.25) is 5.91 Å². The first kappa shape index (κ1) is 87.8. The summed E-state index contributed by atoms with van der Waals surface area (Å²) in [4.78, 5) is 55.2. The van der Waals surface area contributed by atoms with Crippen LogP contribution in [-0.4, -0.2) is 73.7 Å². The molecule has 7 aromatic rings. The van der Waals surface area contributed by atoms with Crippen LogP contribution in [0.15, 0.2) is 175 Å². The average molecular weight is 1310 g/mol. The van der Waals surface area contributed by atoms with E-state index in [1.807, 2.05) is 66.9 Å². The number of amides is 1. The molecule has 1 amide bonds. The lowest BCUT2D eigenvalue weighted by atomic mass is 9.86. The number of hydrogen-bond donors (Lipinski definition) is 0. The van der Waals surface area contributed by atoms with Crippen LogP contribution in [0.5, 0.6) is 0 Å². The summed E-state index contributed by atoms with van der Waals surface area (Å²) in [5.74, 6) is 4.12. The minimum atomic E-state index is -0.0326. The van der Waals surface area contributed by atoms with Gasteiger partial charge in [0.05, 0.1) is 28.5 Å². The van der Waals surface area contributed by atoms with Crippen LogP contribution in [0, 0.1) is 17.8 Å². The lowest BCUT2D eigenvalue weighted by Crippen LogP contribution is -2.36. The van der Waals surface area contributed by atoms with Crippen molar-refractivity contribution in [3.63, 3.8) is 0 Å². The molecular formula is C85H119N11O. The van der Waals surface area contributed by atoms with Gasteiger partial charge in [0.15, 0.2) is 5.82 Å². The molecule has 0 saturated carbocycles. The summed E-state index contributed by atoms with van der Waals surface area (Å²) in [6.45, 7) is 81.8. The van der Waals surface area contributed by atoms with Gasteiger partial charge in [0.25, 0.3) is 0 Å². The highest BCUT2D eigenvalue weighted by Gasteiger charge is 2.22. The van der Waals surface area contributed by atoms with E-state index in [1.165, 1.54) is 17.2 Å². The molecule has 0 aliphatic carbocycles. The van der Waals surface area contributed by atoms with Gasteiger partial charge in [0, 0.05) is 82.8 Å². The Morgan fingerprint density at radius 2 is 0.938 bits per heavy atom. The summed E-state index contributed by atoms with van der Waals surface area (Å²) in [5, 5.41) is 0. The summed E-state index contributed by atoms with van der Waals surface area (Å²) >= 11 is 0. The molecule has 7 heterocycles. The molecule has 520 valence electrons. The fraction of sp³-hybridized carbons (Fsp3) is 0.400.